The Bertz CT molecular complexity index is 1020. The molecule has 0 bridgehead atoms. The minimum absolute atomic E-state index is 0.151. The summed E-state index contributed by atoms with van der Waals surface area (Å²) in [6, 6.07) is 16.0. The number of carboxylic acid groups (broad SMARTS) is 1. The average molecular weight is 393 g/mol. The molecule has 3 aromatic rings. The average Bonchev–Trinajstić information content (AvgIpc) is 3.32. The molecule has 0 unspecified atom stereocenters. The molecule has 2 atom stereocenters. The Balaban J connectivity index is 1.75. The number of benzene rings is 1. The first-order valence-electron chi connectivity index (χ1n) is 9.00. The van der Waals surface area contributed by atoms with E-state index in [4.69, 9.17) is 16.6 Å². The van der Waals surface area contributed by atoms with Crippen LogP contribution in [0.5, 0.6) is 0 Å². The number of thiocarbonyl (C=S) groups is 1. The topological polar surface area (TPSA) is 78.6 Å². The Kier molecular flexibility index (Phi) is 4.83. The number of furan rings is 1. The highest BCUT2D eigenvalue weighted by molar-refractivity contribution is 7.80. The molecule has 3 heterocycles. The number of aromatic nitrogens is 1. The molecule has 2 N–H and O–H groups in total. The third kappa shape index (κ3) is 3.14. The van der Waals surface area contributed by atoms with Crippen molar-refractivity contribution in [3.05, 3.63) is 77.8 Å². The van der Waals surface area contributed by atoms with Crippen LogP contribution in [0.3, 0.4) is 0 Å². The van der Waals surface area contributed by atoms with Crippen LogP contribution >= 0.6 is 12.2 Å². The van der Waals surface area contributed by atoms with Gasteiger partial charge in [0.1, 0.15) is 17.6 Å². The third-order valence-corrected chi connectivity index (χ3v) is 5.23. The zero-order chi connectivity index (χ0) is 19.7. The van der Waals surface area contributed by atoms with Gasteiger partial charge in [-0.05, 0) is 49.5 Å². The van der Waals surface area contributed by atoms with Crippen molar-refractivity contribution in [1.82, 2.24) is 15.2 Å². The summed E-state index contributed by atoms with van der Waals surface area (Å²) in [6.07, 6.45) is 1.75. The van der Waals surface area contributed by atoms with Crippen molar-refractivity contribution in [2.45, 2.75) is 19.0 Å². The van der Waals surface area contributed by atoms with Crippen LogP contribution in [0.2, 0.25) is 0 Å². The lowest BCUT2D eigenvalue weighted by atomic mass is 10.0. The van der Waals surface area contributed by atoms with Gasteiger partial charge in [0.25, 0.3) is 0 Å². The summed E-state index contributed by atoms with van der Waals surface area (Å²) < 4.78 is 6.14. The molecule has 142 valence electrons. The number of carboxylic acids is 1. The summed E-state index contributed by atoms with van der Waals surface area (Å²) >= 11 is 5.52. The summed E-state index contributed by atoms with van der Waals surface area (Å²) in [5.41, 5.74) is 1.62. The number of carbonyl (C=O) groups is 1. The zero-order valence-corrected chi connectivity index (χ0v) is 16.0. The standard InChI is InChI=1S/C21H19N3O3S/c1-2-24-19(18(23-21(24)28)15-9-5-6-12-22-15)17-11-10-16(27-17)13-7-3-4-8-14(13)20(25)26/h3-12,18-19H,2H2,1H3,(H,23,28)(H,25,26)/t18-,19+/m1/s1. The molecule has 0 radical (unpaired) electrons. The van der Waals surface area contributed by atoms with E-state index >= 15 is 0 Å². The van der Waals surface area contributed by atoms with E-state index in [1.807, 2.05) is 37.3 Å². The molecule has 6 nitrogen and oxygen atoms in total. The van der Waals surface area contributed by atoms with Crippen LogP contribution in [0.25, 0.3) is 11.3 Å². The van der Waals surface area contributed by atoms with Gasteiger partial charge < -0.3 is 19.7 Å². The van der Waals surface area contributed by atoms with E-state index in [1.165, 1.54) is 0 Å². The summed E-state index contributed by atoms with van der Waals surface area (Å²) in [4.78, 5) is 18.1. The number of aromatic carboxylic acids is 1. The second kappa shape index (κ2) is 7.44. The van der Waals surface area contributed by atoms with E-state index in [0.717, 1.165) is 5.69 Å². The Morgan fingerprint density at radius 1 is 1.21 bits per heavy atom. The molecular weight excluding hydrogens is 374 g/mol. The normalized spacial score (nSPS) is 18.9. The first kappa shape index (κ1) is 18.2. The molecule has 1 aliphatic heterocycles. The molecule has 0 aliphatic carbocycles. The number of hydrogen-bond acceptors (Lipinski definition) is 4. The van der Waals surface area contributed by atoms with E-state index in [9.17, 15) is 9.90 Å². The smallest absolute Gasteiger partial charge is 0.336 e. The zero-order valence-electron chi connectivity index (χ0n) is 15.2. The molecule has 0 spiro atoms. The van der Waals surface area contributed by atoms with Crippen LogP contribution in [-0.2, 0) is 0 Å². The van der Waals surface area contributed by atoms with Crippen molar-refractivity contribution in [1.29, 1.82) is 0 Å². The molecule has 7 heteroatoms. The maximum atomic E-state index is 11.6. The van der Waals surface area contributed by atoms with Crippen molar-refractivity contribution < 1.29 is 14.3 Å². The van der Waals surface area contributed by atoms with E-state index in [-0.39, 0.29) is 17.6 Å². The first-order chi connectivity index (χ1) is 13.6. The Hall–Kier alpha value is -3.19. The number of pyridine rings is 1. The molecule has 4 rings (SSSR count). The van der Waals surface area contributed by atoms with Gasteiger partial charge in [-0.3, -0.25) is 4.98 Å². The van der Waals surface area contributed by atoms with Crippen LogP contribution < -0.4 is 5.32 Å². The summed E-state index contributed by atoms with van der Waals surface area (Å²) in [6.45, 7) is 2.74. The molecular formula is C21H19N3O3S. The minimum Gasteiger partial charge on any atom is -0.478 e. The fourth-order valence-corrected chi connectivity index (χ4v) is 3.97. The van der Waals surface area contributed by atoms with Crippen LogP contribution in [0.15, 0.2) is 65.2 Å². The molecule has 28 heavy (non-hydrogen) atoms. The fraction of sp³-hybridized carbons (Fsp3) is 0.190. The molecule has 0 amide bonds. The summed E-state index contributed by atoms with van der Waals surface area (Å²) in [5.74, 6) is 0.237. The lowest BCUT2D eigenvalue weighted by Gasteiger charge is -2.24. The predicted octanol–water partition coefficient (Wildman–Crippen LogP) is 4.03. The second-order valence-corrected chi connectivity index (χ2v) is 6.85. The van der Waals surface area contributed by atoms with Crippen molar-refractivity contribution >= 4 is 23.3 Å². The lowest BCUT2D eigenvalue weighted by molar-refractivity contribution is 0.0697. The third-order valence-electron chi connectivity index (χ3n) is 4.88. The number of nitrogens with one attached hydrogen (secondary N) is 1. The maximum Gasteiger partial charge on any atom is 0.336 e. The van der Waals surface area contributed by atoms with Crippen LogP contribution in [-0.4, -0.2) is 32.6 Å². The van der Waals surface area contributed by atoms with Crippen molar-refractivity contribution in [2.75, 3.05) is 6.54 Å². The Morgan fingerprint density at radius 2 is 2.00 bits per heavy atom. The van der Waals surface area contributed by atoms with Crippen LogP contribution in [0.4, 0.5) is 0 Å². The number of nitrogens with zero attached hydrogens (tertiary/aromatic N) is 2. The molecule has 1 saturated heterocycles. The number of hydrogen-bond donors (Lipinski definition) is 2. The van der Waals surface area contributed by atoms with Crippen LogP contribution in [0.1, 0.15) is 40.8 Å². The van der Waals surface area contributed by atoms with Crippen molar-refractivity contribution in [3.63, 3.8) is 0 Å². The van der Waals surface area contributed by atoms with Gasteiger partial charge in [-0.25, -0.2) is 4.79 Å². The molecule has 0 saturated carbocycles. The van der Waals surface area contributed by atoms with E-state index in [1.54, 1.807) is 30.5 Å². The number of rotatable bonds is 5. The van der Waals surface area contributed by atoms with Gasteiger partial charge in [-0.2, -0.15) is 0 Å². The van der Waals surface area contributed by atoms with Gasteiger partial charge in [-0.1, -0.05) is 24.3 Å². The quantitative estimate of drug-likeness (QED) is 0.634. The monoisotopic (exact) mass is 393 g/mol. The Labute approximate surface area is 167 Å². The summed E-state index contributed by atoms with van der Waals surface area (Å²) in [5, 5.41) is 13.5. The Morgan fingerprint density at radius 3 is 2.71 bits per heavy atom. The van der Waals surface area contributed by atoms with Crippen molar-refractivity contribution in [2.24, 2.45) is 0 Å². The van der Waals surface area contributed by atoms with Gasteiger partial charge in [-0.15, -0.1) is 0 Å². The highest BCUT2D eigenvalue weighted by Gasteiger charge is 2.40. The lowest BCUT2D eigenvalue weighted by Crippen LogP contribution is -2.29. The van der Waals surface area contributed by atoms with E-state index in [2.05, 4.69) is 15.2 Å². The molecule has 1 aromatic carbocycles. The molecule has 1 fully saturated rings. The SMILES string of the molecule is CCN1C(=S)N[C@H](c2ccccn2)[C@@H]1c1ccc(-c2ccccc2C(=O)O)o1. The first-order valence-corrected chi connectivity index (χ1v) is 9.41. The molecule has 2 aromatic heterocycles. The maximum absolute atomic E-state index is 11.6. The van der Waals surface area contributed by atoms with E-state index in [0.29, 0.717) is 28.7 Å². The largest absolute Gasteiger partial charge is 0.478 e. The van der Waals surface area contributed by atoms with Crippen molar-refractivity contribution in [3.8, 4) is 11.3 Å². The van der Waals surface area contributed by atoms with Gasteiger partial charge in [0.2, 0.25) is 0 Å². The summed E-state index contributed by atoms with van der Waals surface area (Å²) in [7, 11) is 0. The highest BCUT2D eigenvalue weighted by Crippen LogP contribution is 2.40. The molecule has 1 aliphatic rings. The fourth-order valence-electron chi connectivity index (χ4n) is 3.60. The van der Waals surface area contributed by atoms with Gasteiger partial charge in [0, 0.05) is 18.3 Å². The van der Waals surface area contributed by atoms with Gasteiger partial charge >= 0.3 is 5.97 Å². The van der Waals surface area contributed by atoms with Gasteiger partial charge in [0.05, 0.1) is 17.3 Å². The van der Waals surface area contributed by atoms with E-state index < -0.39 is 5.97 Å². The second-order valence-electron chi connectivity index (χ2n) is 6.47. The van der Waals surface area contributed by atoms with Gasteiger partial charge in [0.15, 0.2) is 5.11 Å². The number of likely N-dealkylation sites (N-methyl/N-ethyl adjacent to an activating group) is 1. The highest BCUT2D eigenvalue weighted by atomic mass is 32.1. The minimum atomic E-state index is -0.987. The van der Waals surface area contributed by atoms with Crippen LogP contribution in [0, 0.1) is 0 Å². The predicted molar refractivity (Wildman–Crippen MR) is 109 cm³/mol.